The second-order valence-electron chi connectivity index (χ2n) is 7.42. The van der Waals surface area contributed by atoms with Gasteiger partial charge in [-0.05, 0) is 49.5 Å². The van der Waals surface area contributed by atoms with E-state index in [9.17, 15) is 9.59 Å². The molecule has 4 rings (SSSR count). The number of anilines is 1. The molecule has 0 saturated heterocycles. The maximum atomic E-state index is 12.8. The van der Waals surface area contributed by atoms with Gasteiger partial charge in [0, 0.05) is 18.3 Å². The molecule has 158 valence electrons. The van der Waals surface area contributed by atoms with Crippen LogP contribution >= 0.6 is 23.3 Å². The Bertz CT molecular complexity index is 1340. The molecule has 0 atom stereocenters. The zero-order valence-corrected chi connectivity index (χ0v) is 19.4. The molecular weight excluding hydrogens is 428 g/mol. The molecule has 6 nitrogen and oxygen atoms in total. The fourth-order valence-corrected chi connectivity index (χ4v) is 4.76. The maximum absolute atomic E-state index is 12.8. The SMILES string of the molecule is Cc1ccc(-c2nsc3c(=O)n(C)c(SCC(=O)Nc4cccc(C)c4C)nc23)cc1. The van der Waals surface area contributed by atoms with Gasteiger partial charge in [-0.1, -0.05) is 53.7 Å². The van der Waals surface area contributed by atoms with Crippen molar-refractivity contribution in [1.29, 1.82) is 0 Å². The first-order chi connectivity index (χ1) is 14.8. The van der Waals surface area contributed by atoms with Gasteiger partial charge in [0.2, 0.25) is 5.91 Å². The predicted octanol–water partition coefficient (Wildman–Crippen LogP) is 4.71. The van der Waals surface area contributed by atoms with Crippen LogP contribution in [0, 0.1) is 20.8 Å². The summed E-state index contributed by atoms with van der Waals surface area (Å²) in [6, 6.07) is 13.8. The first kappa shape index (κ1) is 21.3. The van der Waals surface area contributed by atoms with Gasteiger partial charge >= 0.3 is 0 Å². The van der Waals surface area contributed by atoms with Crippen LogP contribution in [0.15, 0.2) is 52.4 Å². The Labute approximate surface area is 188 Å². The van der Waals surface area contributed by atoms with E-state index in [1.807, 2.05) is 63.2 Å². The van der Waals surface area contributed by atoms with Crippen LogP contribution < -0.4 is 10.9 Å². The Morgan fingerprint density at radius 2 is 1.87 bits per heavy atom. The Morgan fingerprint density at radius 1 is 1.13 bits per heavy atom. The summed E-state index contributed by atoms with van der Waals surface area (Å²) >= 11 is 2.40. The van der Waals surface area contributed by atoms with E-state index in [1.165, 1.54) is 16.3 Å². The second-order valence-corrected chi connectivity index (χ2v) is 9.13. The van der Waals surface area contributed by atoms with Crippen LogP contribution in [0.5, 0.6) is 0 Å². The molecule has 1 N–H and O–H groups in total. The minimum Gasteiger partial charge on any atom is -0.325 e. The smallest absolute Gasteiger partial charge is 0.273 e. The highest BCUT2D eigenvalue weighted by molar-refractivity contribution is 7.99. The van der Waals surface area contributed by atoms with Crippen molar-refractivity contribution >= 4 is 45.1 Å². The van der Waals surface area contributed by atoms with Crippen LogP contribution in [-0.2, 0) is 11.8 Å². The maximum Gasteiger partial charge on any atom is 0.273 e. The molecule has 0 fully saturated rings. The first-order valence-electron chi connectivity index (χ1n) is 9.77. The number of hydrogen-bond donors (Lipinski definition) is 1. The van der Waals surface area contributed by atoms with E-state index in [1.54, 1.807) is 7.05 Å². The van der Waals surface area contributed by atoms with Gasteiger partial charge in [-0.25, -0.2) is 4.98 Å². The molecule has 2 aromatic heterocycles. The number of carbonyl (C=O) groups excluding carboxylic acids is 1. The van der Waals surface area contributed by atoms with Gasteiger partial charge in [-0.2, -0.15) is 4.37 Å². The number of benzene rings is 2. The zero-order valence-electron chi connectivity index (χ0n) is 17.7. The normalized spacial score (nSPS) is 11.1. The fourth-order valence-electron chi connectivity index (χ4n) is 3.17. The zero-order chi connectivity index (χ0) is 22.1. The van der Waals surface area contributed by atoms with Crippen LogP contribution in [0.4, 0.5) is 5.69 Å². The van der Waals surface area contributed by atoms with Crippen molar-refractivity contribution in [2.75, 3.05) is 11.1 Å². The number of aryl methyl sites for hydroxylation is 2. The van der Waals surface area contributed by atoms with Crippen LogP contribution in [0.3, 0.4) is 0 Å². The number of hydrogen-bond acceptors (Lipinski definition) is 6. The molecule has 0 aliphatic heterocycles. The lowest BCUT2D eigenvalue weighted by Crippen LogP contribution is -2.21. The van der Waals surface area contributed by atoms with Gasteiger partial charge in [0.25, 0.3) is 5.56 Å². The minimum absolute atomic E-state index is 0.143. The van der Waals surface area contributed by atoms with E-state index in [0.717, 1.165) is 39.5 Å². The average Bonchev–Trinajstić information content (AvgIpc) is 3.17. The van der Waals surface area contributed by atoms with Gasteiger partial charge in [0.1, 0.15) is 15.9 Å². The van der Waals surface area contributed by atoms with Crippen LogP contribution in [-0.4, -0.2) is 25.6 Å². The van der Waals surface area contributed by atoms with E-state index in [2.05, 4.69) is 9.69 Å². The van der Waals surface area contributed by atoms with Crippen molar-refractivity contribution in [3.05, 3.63) is 69.5 Å². The molecule has 0 aliphatic rings. The largest absolute Gasteiger partial charge is 0.325 e. The molecule has 0 radical (unpaired) electrons. The van der Waals surface area contributed by atoms with Gasteiger partial charge in [-0.3, -0.25) is 14.2 Å². The van der Waals surface area contributed by atoms with Crippen LogP contribution in [0.25, 0.3) is 21.5 Å². The predicted molar refractivity (Wildman–Crippen MR) is 128 cm³/mol. The van der Waals surface area contributed by atoms with Crippen molar-refractivity contribution in [2.45, 2.75) is 25.9 Å². The number of aromatic nitrogens is 3. The third kappa shape index (κ3) is 4.26. The lowest BCUT2D eigenvalue weighted by atomic mass is 10.1. The summed E-state index contributed by atoms with van der Waals surface area (Å²) in [6.45, 7) is 6.01. The molecule has 8 heteroatoms. The van der Waals surface area contributed by atoms with Gasteiger partial charge < -0.3 is 5.32 Å². The van der Waals surface area contributed by atoms with Crippen molar-refractivity contribution in [1.82, 2.24) is 13.9 Å². The molecule has 1 amide bonds. The van der Waals surface area contributed by atoms with Gasteiger partial charge in [0.05, 0.1) is 5.75 Å². The third-order valence-electron chi connectivity index (χ3n) is 5.20. The van der Waals surface area contributed by atoms with Gasteiger partial charge in [-0.15, -0.1) is 0 Å². The Balaban J connectivity index is 1.60. The highest BCUT2D eigenvalue weighted by Gasteiger charge is 2.18. The van der Waals surface area contributed by atoms with Crippen molar-refractivity contribution in [3.63, 3.8) is 0 Å². The number of rotatable bonds is 5. The summed E-state index contributed by atoms with van der Waals surface area (Å²) in [5.74, 6) is 0.00611. The third-order valence-corrected chi connectivity index (χ3v) is 7.05. The summed E-state index contributed by atoms with van der Waals surface area (Å²) in [5.41, 5.74) is 6.14. The highest BCUT2D eigenvalue weighted by Crippen LogP contribution is 2.29. The van der Waals surface area contributed by atoms with Crippen LogP contribution in [0.1, 0.15) is 16.7 Å². The highest BCUT2D eigenvalue weighted by atomic mass is 32.2. The van der Waals surface area contributed by atoms with E-state index in [0.29, 0.717) is 21.1 Å². The number of carbonyl (C=O) groups is 1. The molecule has 2 aromatic carbocycles. The molecule has 0 spiro atoms. The lowest BCUT2D eigenvalue weighted by Gasteiger charge is -2.11. The van der Waals surface area contributed by atoms with Crippen LogP contribution in [0.2, 0.25) is 0 Å². The molecule has 4 aromatic rings. The van der Waals surface area contributed by atoms with E-state index in [4.69, 9.17) is 4.98 Å². The molecule has 0 aliphatic carbocycles. The summed E-state index contributed by atoms with van der Waals surface area (Å²) in [5, 5.41) is 3.43. The summed E-state index contributed by atoms with van der Waals surface area (Å²) in [4.78, 5) is 30.1. The minimum atomic E-state index is -0.154. The van der Waals surface area contributed by atoms with Gasteiger partial charge in [0.15, 0.2) is 5.16 Å². The molecule has 2 heterocycles. The van der Waals surface area contributed by atoms with E-state index >= 15 is 0 Å². The lowest BCUT2D eigenvalue weighted by molar-refractivity contribution is -0.113. The fraction of sp³-hybridized carbons (Fsp3) is 0.217. The summed E-state index contributed by atoms with van der Waals surface area (Å²) in [7, 11) is 1.67. The van der Waals surface area contributed by atoms with E-state index in [-0.39, 0.29) is 17.2 Å². The summed E-state index contributed by atoms with van der Waals surface area (Å²) < 4.78 is 6.48. The first-order valence-corrected chi connectivity index (χ1v) is 11.5. The number of nitrogens with zero attached hydrogens (tertiary/aromatic N) is 3. The number of fused-ring (bicyclic) bond motifs is 1. The summed E-state index contributed by atoms with van der Waals surface area (Å²) in [6.07, 6.45) is 0. The Morgan fingerprint density at radius 3 is 2.61 bits per heavy atom. The quantitative estimate of drug-likeness (QED) is 0.352. The number of thioether (sulfide) groups is 1. The average molecular weight is 451 g/mol. The Hall–Kier alpha value is -2.97. The van der Waals surface area contributed by atoms with Crippen molar-refractivity contribution in [3.8, 4) is 11.3 Å². The topological polar surface area (TPSA) is 76.9 Å². The molecule has 0 saturated carbocycles. The monoisotopic (exact) mass is 450 g/mol. The molecular formula is C23H22N4O2S2. The molecule has 31 heavy (non-hydrogen) atoms. The molecule has 0 bridgehead atoms. The number of nitrogens with one attached hydrogen (secondary N) is 1. The second kappa shape index (κ2) is 8.64. The number of amides is 1. The Kier molecular flexibility index (Phi) is 5.93. The van der Waals surface area contributed by atoms with E-state index < -0.39 is 0 Å². The molecule has 0 unspecified atom stereocenters. The van der Waals surface area contributed by atoms with Crippen molar-refractivity contribution < 1.29 is 4.79 Å². The standard InChI is InChI=1S/C23H22N4O2S2/c1-13-8-10-16(11-9-13)19-20-21(31-26-19)22(29)27(4)23(25-20)30-12-18(28)24-17-7-5-6-14(2)15(17)3/h5-11H,12H2,1-4H3,(H,24,28). The van der Waals surface area contributed by atoms with Crippen molar-refractivity contribution in [2.24, 2.45) is 7.05 Å².